The Bertz CT molecular complexity index is 2570. The molecular weight excluding hydrogens is 765 g/mol. The van der Waals surface area contributed by atoms with Crippen molar-refractivity contribution in [3.63, 3.8) is 0 Å². The van der Waals surface area contributed by atoms with E-state index >= 15 is 0 Å². The molecule has 1 saturated carbocycles. The van der Waals surface area contributed by atoms with Gasteiger partial charge in [0.05, 0.1) is 36.2 Å². The Balaban J connectivity index is 0.000000153. The zero-order chi connectivity index (χ0) is 36.5. The minimum atomic E-state index is -0.503. The monoisotopic (exact) mass is 784 g/mol. The van der Waals surface area contributed by atoms with Crippen molar-refractivity contribution in [3.8, 4) is 34.2 Å². The second kappa shape index (κ2) is 14.4. The van der Waals surface area contributed by atoms with Crippen molar-refractivity contribution in [1.29, 1.82) is 0 Å². The highest BCUT2D eigenvalue weighted by molar-refractivity contribution is 7.23. The maximum Gasteiger partial charge on any atom is 0.290 e. The molecular formula is C29H20Cl2F2N14O3S2. The molecule has 6 N–H and O–H groups in total. The van der Waals surface area contributed by atoms with Gasteiger partial charge >= 0.3 is 0 Å². The zero-order valence-corrected chi connectivity index (χ0v) is 29.0. The molecule has 0 atom stereocenters. The average molecular weight is 786 g/mol. The van der Waals surface area contributed by atoms with Crippen molar-refractivity contribution in [2.24, 2.45) is 5.92 Å². The number of nitrogen functional groups attached to an aromatic ring is 1. The summed E-state index contributed by atoms with van der Waals surface area (Å²) < 4.78 is 32.0. The number of nitrogens with one attached hydrogen (secondary N) is 3. The van der Waals surface area contributed by atoms with Crippen LogP contribution in [0.1, 0.15) is 12.8 Å². The molecule has 0 spiro atoms. The number of amides is 1. The Labute approximate surface area is 306 Å². The fraction of sp³-hybridized carbons (Fsp3) is 0.103. The molecule has 0 radical (unpaired) electrons. The van der Waals surface area contributed by atoms with Gasteiger partial charge in [-0.2, -0.15) is 10.2 Å². The summed E-state index contributed by atoms with van der Waals surface area (Å²) in [5.41, 5.74) is 8.76. The molecule has 1 aliphatic carbocycles. The number of halogens is 4. The van der Waals surface area contributed by atoms with Gasteiger partial charge in [0, 0.05) is 17.0 Å². The Kier molecular flexibility index (Phi) is 9.55. The summed E-state index contributed by atoms with van der Waals surface area (Å²) in [7, 11) is 0. The molecule has 0 saturated heterocycles. The lowest BCUT2D eigenvalue weighted by Crippen LogP contribution is -2.12. The normalized spacial score (nSPS) is 12.3. The summed E-state index contributed by atoms with van der Waals surface area (Å²) >= 11 is 14.8. The van der Waals surface area contributed by atoms with Crippen LogP contribution in [-0.2, 0) is 9.59 Å². The lowest BCUT2D eigenvalue weighted by molar-refractivity contribution is -0.123. The number of nitrogens with zero attached hydrogens (tertiary/aromatic N) is 10. The zero-order valence-electron chi connectivity index (χ0n) is 25.8. The highest BCUT2D eigenvalue weighted by atomic mass is 35.5. The number of nitrogens with two attached hydrogens (primary N) is 1. The number of carbonyl (C=O) groups is 2. The second-order valence-corrected chi connectivity index (χ2v) is 13.4. The van der Waals surface area contributed by atoms with Crippen LogP contribution >= 0.6 is 45.9 Å². The molecule has 9 rings (SSSR count). The number of aromatic amines is 2. The van der Waals surface area contributed by atoms with Crippen LogP contribution < -0.4 is 11.1 Å². The van der Waals surface area contributed by atoms with E-state index in [0.717, 1.165) is 34.6 Å². The molecule has 8 aromatic heterocycles. The van der Waals surface area contributed by atoms with E-state index in [2.05, 4.69) is 55.6 Å². The van der Waals surface area contributed by atoms with Crippen LogP contribution in [0.15, 0.2) is 49.6 Å². The van der Waals surface area contributed by atoms with Crippen LogP contribution in [-0.4, -0.2) is 76.9 Å². The SMILES string of the molecule is Nc1nc2[nH]nc(-n3cncc3-c3cc(F)cnc3Cl)c2s1.O=C(Nc1nc2[nH]nc(-n3cncc3-c3cc(F)cnc3Cl)c2s1)C1CC1.O=CO. The van der Waals surface area contributed by atoms with Gasteiger partial charge in [-0.15, -0.1) is 0 Å². The topological polar surface area (TPSA) is 237 Å². The fourth-order valence-electron chi connectivity index (χ4n) is 4.89. The van der Waals surface area contributed by atoms with E-state index in [1.165, 1.54) is 34.8 Å². The number of H-pyrrole nitrogens is 2. The highest BCUT2D eigenvalue weighted by Gasteiger charge is 2.30. The average Bonchev–Trinajstić information content (AvgIpc) is 3.67. The second-order valence-electron chi connectivity index (χ2n) is 10.7. The van der Waals surface area contributed by atoms with E-state index in [4.69, 9.17) is 38.8 Å². The van der Waals surface area contributed by atoms with Crippen molar-refractivity contribution in [2.75, 3.05) is 11.1 Å². The first-order valence-corrected chi connectivity index (χ1v) is 17.1. The molecule has 1 aliphatic rings. The molecule has 8 heterocycles. The van der Waals surface area contributed by atoms with Gasteiger partial charge in [0.1, 0.15) is 44.0 Å². The van der Waals surface area contributed by atoms with Gasteiger partial charge in [-0.25, -0.2) is 38.7 Å². The predicted molar refractivity (Wildman–Crippen MR) is 189 cm³/mol. The smallest absolute Gasteiger partial charge is 0.290 e. The Morgan fingerprint density at radius 3 is 1.90 bits per heavy atom. The van der Waals surface area contributed by atoms with Gasteiger partial charge in [0.2, 0.25) is 5.91 Å². The van der Waals surface area contributed by atoms with Crippen LogP contribution in [0.25, 0.3) is 54.8 Å². The first-order chi connectivity index (χ1) is 25.1. The largest absolute Gasteiger partial charge is 0.483 e. The van der Waals surface area contributed by atoms with E-state index in [1.807, 2.05) is 0 Å². The van der Waals surface area contributed by atoms with Crippen molar-refractivity contribution in [2.45, 2.75) is 12.8 Å². The lowest BCUT2D eigenvalue weighted by atomic mass is 10.2. The quantitative estimate of drug-likeness (QED) is 0.100. The maximum atomic E-state index is 13.6. The molecule has 264 valence electrons. The van der Waals surface area contributed by atoms with E-state index in [-0.39, 0.29) is 28.6 Å². The summed E-state index contributed by atoms with van der Waals surface area (Å²) in [6, 6.07) is 2.59. The number of thiazole rings is 2. The summed E-state index contributed by atoms with van der Waals surface area (Å²) in [5.74, 6) is 0.187. The third-order valence-electron chi connectivity index (χ3n) is 7.29. The van der Waals surface area contributed by atoms with E-state index in [9.17, 15) is 13.6 Å². The molecule has 0 aromatic carbocycles. The molecule has 0 unspecified atom stereocenters. The van der Waals surface area contributed by atoms with E-state index in [1.54, 1.807) is 34.2 Å². The maximum absolute atomic E-state index is 13.6. The number of fused-ring (bicyclic) bond motifs is 2. The van der Waals surface area contributed by atoms with Crippen LogP contribution in [0.5, 0.6) is 0 Å². The summed E-state index contributed by atoms with van der Waals surface area (Å²) in [4.78, 5) is 44.7. The number of carboxylic acid groups (broad SMARTS) is 1. The third kappa shape index (κ3) is 6.88. The predicted octanol–water partition coefficient (Wildman–Crippen LogP) is 5.75. The molecule has 17 nitrogen and oxygen atoms in total. The summed E-state index contributed by atoms with van der Waals surface area (Å²) in [6.07, 6.45) is 10.2. The number of imidazole rings is 2. The number of pyridine rings is 2. The van der Waals surface area contributed by atoms with Crippen molar-refractivity contribution >= 4 is 89.2 Å². The van der Waals surface area contributed by atoms with Crippen molar-refractivity contribution < 1.29 is 23.5 Å². The molecule has 8 aromatic rings. The molecule has 1 fully saturated rings. The van der Waals surface area contributed by atoms with Crippen LogP contribution in [0, 0.1) is 17.6 Å². The van der Waals surface area contributed by atoms with Crippen LogP contribution in [0.4, 0.5) is 19.0 Å². The molecule has 0 aliphatic heterocycles. The minimum absolute atomic E-state index is 0.0122. The summed E-state index contributed by atoms with van der Waals surface area (Å²) in [6.45, 7) is -0.250. The van der Waals surface area contributed by atoms with Gasteiger partial charge in [-0.1, -0.05) is 45.9 Å². The number of hydrogen-bond donors (Lipinski definition) is 5. The van der Waals surface area contributed by atoms with Gasteiger partial charge in [-0.05, 0) is 25.0 Å². The van der Waals surface area contributed by atoms with Crippen LogP contribution in [0.2, 0.25) is 10.3 Å². The van der Waals surface area contributed by atoms with Crippen molar-refractivity contribution in [1.82, 2.24) is 59.4 Å². The van der Waals surface area contributed by atoms with E-state index < -0.39 is 11.6 Å². The fourth-order valence-corrected chi connectivity index (χ4v) is 6.96. The number of carbonyl (C=O) groups excluding carboxylic acids is 1. The first kappa shape index (κ1) is 34.5. The number of rotatable bonds is 6. The van der Waals surface area contributed by atoms with Crippen molar-refractivity contribution in [3.05, 3.63) is 71.5 Å². The lowest BCUT2D eigenvalue weighted by Gasteiger charge is -2.06. The molecule has 23 heteroatoms. The molecule has 1 amide bonds. The van der Waals surface area contributed by atoms with E-state index in [0.29, 0.717) is 55.7 Å². The Hall–Kier alpha value is -5.90. The van der Waals surface area contributed by atoms with Gasteiger partial charge in [-0.3, -0.25) is 28.9 Å². The first-order valence-electron chi connectivity index (χ1n) is 14.7. The standard InChI is InChI=1S/C16H11ClFN7OS.C12H7ClFN7S.CH2O2/c17-12-9(3-8(18)4-20-12)10-5-19-6-25(10)14-11-13(23-24-14)21-16(27-11)22-15(26)7-1-2-7;13-9-6(1-5(14)2-17-9)7-3-16-4-21(7)11-8-10(19-20-11)18-12(15)22-8;2-1-3/h3-7H,1-2H2,(H2,21,22,23,24,26);1-4H,(H3,15,18,19,20);1H,(H,2,3). The number of aromatic nitrogens is 12. The molecule has 0 bridgehead atoms. The number of anilines is 2. The highest BCUT2D eigenvalue weighted by Crippen LogP contribution is 2.36. The Morgan fingerprint density at radius 2 is 1.38 bits per heavy atom. The molecule has 52 heavy (non-hydrogen) atoms. The van der Waals surface area contributed by atoms with Gasteiger partial charge in [0.15, 0.2) is 33.2 Å². The summed E-state index contributed by atoms with van der Waals surface area (Å²) in [5, 5.41) is 25.1. The minimum Gasteiger partial charge on any atom is -0.483 e. The van der Waals surface area contributed by atoms with Gasteiger partial charge < -0.3 is 16.2 Å². The van der Waals surface area contributed by atoms with Gasteiger partial charge in [0.25, 0.3) is 6.47 Å². The van der Waals surface area contributed by atoms with Crippen LogP contribution in [0.3, 0.4) is 0 Å². The Morgan fingerprint density at radius 1 is 0.885 bits per heavy atom. The third-order valence-corrected chi connectivity index (χ3v) is 9.74. The number of hydrogen-bond acceptors (Lipinski definition) is 13.